The van der Waals surface area contributed by atoms with Crippen molar-refractivity contribution < 1.29 is 14.4 Å². The van der Waals surface area contributed by atoms with Crippen molar-refractivity contribution in [3.05, 3.63) is 0 Å². The molecule has 0 spiro atoms. The second-order valence-electron chi connectivity index (χ2n) is 3.77. The predicted molar refractivity (Wildman–Crippen MR) is 62.4 cm³/mol. The molecule has 2 aliphatic heterocycles. The average molecular weight is 258 g/mol. The van der Waals surface area contributed by atoms with Crippen LogP contribution in [0.1, 0.15) is 0 Å². The Bertz CT molecular complexity index is 327. The summed E-state index contributed by atoms with van der Waals surface area (Å²) >= 11 is 1.67. The maximum absolute atomic E-state index is 11.6. The van der Waals surface area contributed by atoms with Gasteiger partial charge in [-0.25, -0.2) is 4.79 Å². The highest BCUT2D eigenvalue weighted by atomic mass is 32.2. The van der Waals surface area contributed by atoms with Crippen LogP contribution >= 0.6 is 11.8 Å². The molecule has 0 aromatic rings. The molecule has 3 N–H and O–H groups in total. The van der Waals surface area contributed by atoms with Crippen molar-refractivity contribution in [3.8, 4) is 0 Å². The Morgan fingerprint density at radius 3 is 2.94 bits per heavy atom. The van der Waals surface area contributed by atoms with Crippen LogP contribution in [0.4, 0.5) is 4.79 Å². The summed E-state index contributed by atoms with van der Waals surface area (Å²) in [5.41, 5.74) is 0. The van der Waals surface area contributed by atoms with Gasteiger partial charge in [0, 0.05) is 24.7 Å². The zero-order valence-corrected chi connectivity index (χ0v) is 10.0. The summed E-state index contributed by atoms with van der Waals surface area (Å²) in [7, 11) is 0. The molecule has 2 saturated heterocycles. The van der Waals surface area contributed by atoms with Gasteiger partial charge >= 0.3 is 6.03 Å². The van der Waals surface area contributed by atoms with Gasteiger partial charge in [0.2, 0.25) is 11.8 Å². The number of amides is 4. The molecule has 4 amide bonds. The lowest BCUT2D eigenvalue weighted by atomic mass is 10.3. The van der Waals surface area contributed by atoms with Gasteiger partial charge in [0.15, 0.2) is 0 Å². The zero-order valence-electron chi connectivity index (χ0n) is 9.19. The molecule has 2 rings (SSSR count). The van der Waals surface area contributed by atoms with Gasteiger partial charge in [-0.15, -0.1) is 11.8 Å². The Labute approximate surface area is 103 Å². The molecule has 94 valence electrons. The van der Waals surface area contributed by atoms with Gasteiger partial charge in [0.1, 0.15) is 0 Å². The number of nitrogens with zero attached hydrogens (tertiary/aromatic N) is 1. The fourth-order valence-corrected chi connectivity index (χ4v) is 2.60. The summed E-state index contributed by atoms with van der Waals surface area (Å²) in [6.07, 6.45) is 0. The molecule has 0 bridgehead atoms. The lowest BCUT2D eigenvalue weighted by Gasteiger charge is -2.14. The van der Waals surface area contributed by atoms with E-state index in [1.165, 1.54) is 0 Å². The first kappa shape index (κ1) is 12.2. The number of urea groups is 1. The van der Waals surface area contributed by atoms with E-state index in [0.29, 0.717) is 6.54 Å². The van der Waals surface area contributed by atoms with Gasteiger partial charge in [-0.1, -0.05) is 0 Å². The van der Waals surface area contributed by atoms with Crippen molar-refractivity contribution in [1.82, 2.24) is 20.9 Å². The first-order chi connectivity index (χ1) is 8.18. The minimum atomic E-state index is -0.390. The summed E-state index contributed by atoms with van der Waals surface area (Å²) in [5.74, 6) is 1.21. The van der Waals surface area contributed by atoms with E-state index in [-0.39, 0.29) is 30.9 Å². The van der Waals surface area contributed by atoms with Crippen molar-refractivity contribution in [2.24, 2.45) is 0 Å². The Balaban J connectivity index is 1.70. The highest BCUT2D eigenvalue weighted by Crippen LogP contribution is 2.09. The van der Waals surface area contributed by atoms with Crippen molar-refractivity contribution in [1.29, 1.82) is 0 Å². The number of carbonyl (C=O) groups is 3. The van der Waals surface area contributed by atoms with Crippen LogP contribution < -0.4 is 16.0 Å². The molecular weight excluding hydrogens is 244 g/mol. The quantitative estimate of drug-likeness (QED) is 0.524. The van der Waals surface area contributed by atoms with Crippen LogP contribution in [0.15, 0.2) is 0 Å². The Kier molecular flexibility index (Phi) is 3.85. The number of hydrogen-bond acceptors (Lipinski definition) is 5. The second kappa shape index (κ2) is 5.37. The number of rotatable bonds is 4. The summed E-state index contributed by atoms with van der Waals surface area (Å²) < 4.78 is 0. The predicted octanol–water partition coefficient (Wildman–Crippen LogP) is -1.68. The van der Waals surface area contributed by atoms with E-state index in [2.05, 4.69) is 16.0 Å². The molecule has 17 heavy (non-hydrogen) atoms. The molecule has 2 heterocycles. The first-order valence-electron chi connectivity index (χ1n) is 5.35. The van der Waals surface area contributed by atoms with Crippen LogP contribution in [0, 0.1) is 0 Å². The maximum Gasteiger partial charge on any atom is 0.324 e. The summed E-state index contributed by atoms with van der Waals surface area (Å²) in [4.78, 5) is 35.1. The minimum absolute atomic E-state index is 0.0492. The van der Waals surface area contributed by atoms with E-state index in [1.54, 1.807) is 11.8 Å². The standard InChI is InChI=1S/C9H14N4O3S/c14-7-3-11-9(16)13(7)2-1-10-8(15)6-4-17-5-12-6/h6,12H,1-5H2,(H,10,15)(H,11,16). The monoisotopic (exact) mass is 258 g/mol. The maximum atomic E-state index is 11.6. The first-order valence-corrected chi connectivity index (χ1v) is 6.51. The minimum Gasteiger partial charge on any atom is -0.353 e. The number of nitrogens with one attached hydrogen (secondary N) is 3. The van der Waals surface area contributed by atoms with Gasteiger partial charge < -0.3 is 10.6 Å². The molecule has 0 aliphatic carbocycles. The Morgan fingerprint density at radius 1 is 1.53 bits per heavy atom. The van der Waals surface area contributed by atoms with E-state index in [4.69, 9.17) is 0 Å². The van der Waals surface area contributed by atoms with E-state index in [0.717, 1.165) is 16.5 Å². The van der Waals surface area contributed by atoms with Crippen molar-refractivity contribution in [2.75, 3.05) is 31.3 Å². The molecule has 1 unspecified atom stereocenters. The molecule has 1 atom stereocenters. The molecule has 7 nitrogen and oxygen atoms in total. The normalized spacial score (nSPS) is 24.0. The third-order valence-corrected chi connectivity index (χ3v) is 3.54. The summed E-state index contributed by atoms with van der Waals surface area (Å²) in [5, 5.41) is 8.17. The molecule has 2 fully saturated rings. The fraction of sp³-hybridized carbons (Fsp3) is 0.667. The molecule has 2 aliphatic rings. The van der Waals surface area contributed by atoms with Crippen LogP contribution in [0.2, 0.25) is 0 Å². The van der Waals surface area contributed by atoms with Crippen LogP contribution in [0.25, 0.3) is 0 Å². The summed E-state index contributed by atoms with van der Waals surface area (Å²) in [6, 6.07) is -0.554. The van der Waals surface area contributed by atoms with Crippen LogP contribution in [0.3, 0.4) is 0 Å². The zero-order chi connectivity index (χ0) is 12.3. The fourth-order valence-electron chi connectivity index (χ4n) is 1.66. The molecule has 0 radical (unpaired) electrons. The third kappa shape index (κ3) is 2.89. The van der Waals surface area contributed by atoms with Crippen molar-refractivity contribution in [2.45, 2.75) is 6.04 Å². The highest BCUT2D eigenvalue weighted by Gasteiger charge is 2.28. The number of carbonyl (C=O) groups excluding carboxylic acids is 3. The van der Waals surface area contributed by atoms with E-state index in [9.17, 15) is 14.4 Å². The third-order valence-electron chi connectivity index (χ3n) is 2.60. The second-order valence-corrected chi connectivity index (χ2v) is 4.80. The van der Waals surface area contributed by atoms with Gasteiger partial charge in [0.05, 0.1) is 12.6 Å². The molecule has 0 saturated carbocycles. The average Bonchev–Trinajstić information content (AvgIpc) is 2.93. The van der Waals surface area contributed by atoms with Crippen molar-refractivity contribution >= 4 is 29.6 Å². The van der Waals surface area contributed by atoms with E-state index in [1.807, 2.05) is 0 Å². The van der Waals surface area contributed by atoms with E-state index >= 15 is 0 Å². The summed E-state index contributed by atoms with van der Waals surface area (Å²) in [6.45, 7) is 0.560. The molecule has 8 heteroatoms. The molecular formula is C9H14N4O3S. The highest BCUT2D eigenvalue weighted by molar-refractivity contribution is 7.99. The Hall–Kier alpha value is -1.28. The van der Waals surface area contributed by atoms with Gasteiger partial charge in [-0.05, 0) is 0 Å². The van der Waals surface area contributed by atoms with E-state index < -0.39 is 6.03 Å². The SMILES string of the molecule is O=C(NCCN1C(=O)CNC1=O)C1CSCN1. The number of thioether (sulfide) groups is 1. The Morgan fingerprint density at radius 2 is 2.35 bits per heavy atom. The number of hydrogen-bond donors (Lipinski definition) is 3. The largest absolute Gasteiger partial charge is 0.353 e. The molecule has 0 aromatic heterocycles. The van der Waals surface area contributed by atoms with Crippen LogP contribution in [-0.2, 0) is 9.59 Å². The van der Waals surface area contributed by atoms with Gasteiger partial charge in [-0.2, -0.15) is 0 Å². The smallest absolute Gasteiger partial charge is 0.324 e. The van der Waals surface area contributed by atoms with Gasteiger partial charge in [0.25, 0.3) is 0 Å². The number of imide groups is 1. The topological polar surface area (TPSA) is 90.5 Å². The van der Waals surface area contributed by atoms with Crippen molar-refractivity contribution in [3.63, 3.8) is 0 Å². The lowest BCUT2D eigenvalue weighted by Crippen LogP contribution is -2.45. The van der Waals surface area contributed by atoms with Crippen LogP contribution in [0.5, 0.6) is 0 Å². The van der Waals surface area contributed by atoms with Gasteiger partial charge in [-0.3, -0.25) is 19.8 Å². The lowest BCUT2D eigenvalue weighted by molar-refractivity contribution is -0.126. The van der Waals surface area contributed by atoms with Crippen LogP contribution in [-0.4, -0.2) is 60.1 Å². The molecule has 0 aromatic carbocycles.